The van der Waals surface area contributed by atoms with Crippen LogP contribution in [0.2, 0.25) is 0 Å². The molecule has 8 heteroatoms. The van der Waals surface area contributed by atoms with Gasteiger partial charge in [-0.15, -0.1) is 0 Å². The van der Waals surface area contributed by atoms with Crippen molar-refractivity contribution in [1.29, 1.82) is 0 Å². The van der Waals surface area contributed by atoms with Gasteiger partial charge in [-0.1, -0.05) is 0 Å². The van der Waals surface area contributed by atoms with Crippen LogP contribution in [0.4, 0.5) is 0 Å². The Morgan fingerprint density at radius 2 is 2.00 bits per heavy atom. The van der Waals surface area contributed by atoms with Crippen LogP contribution in [0.1, 0.15) is 16.8 Å². The molecule has 0 fully saturated rings. The summed E-state index contributed by atoms with van der Waals surface area (Å²) >= 11 is 0. The van der Waals surface area contributed by atoms with Crippen molar-refractivity contribution in [3.8, 4) is 11.5 Å². The highest BCUT2D eigenvalue weighted by Gasteiger charge is 2.24. The molecule has 0 spiro atoms. The Bertz CT molecular complexity index is 610. The third-order valence-corrected chi connectivity index (χ3v) is 4.02. The van der Waals surface area contributed by atoms with Gasteiger partial charge in [0.25, 0.3) is 0 Å². The van der Waals surface area contributed by atoms with Gasteiger partial charge in [-0.2, -0.15) is 0 Å². The van der Waals surface area contributed by atoms with E-state index in [9.17, 15) is 13.2 Å². The lowest BCUT2D eigenvalue weighted by atomic mass is 10.2. The molecule has 0 saturated carbocycles. The average molecular weight is 287 g/mol. The largest absolute Gasteiger partial charge is 0.489 e. The van der Waals surface area contributed by atoms with Crippen LogP contribution < -0.4 is 14.2 Å². The summed E-state index contributed by atoms with van der Waals surface area (Å²) in [5.74, 6) is -1.07. The van der Waals surface area contributed by atoms with Crippen molar-refractivity contribution >= 4 is 16.0 Å². The Morgan fingerprint density at radius 1 is 1.32 bits per heavy atom. The van der Waals surface area contributed by atoms with Crippen LogP contribution in [0.25, 0.3) is 0 Å². The molecule has 0 unspecified atom stereocenters. The molecule has 0 atom stereocenters. The first-order valence-electron chi connectivity index (χ1n) is 5.56. The molecule has 1 heterocycles. The molecule has 7 nitrogen and oxygen atoms in total. The van der Waals surface area contributed by atoms with Gasteiger partial charge in [-0.3, -0.25) is 0 Å². The Kier molecular flexibility index (Phi) is 3.63. The molecule has 1 aliphatic heterocycles. The lowest BCUT2D eigenvalue weighted by molar-refractivity contribution is 0.0692. The minimum atomic E-state index is -3.75. The first-order valence-corrected chi connectivity index (χ1v) is 7.04. The minimum Gasteiger partial charge on any atom is -0.489 e. The number of carboxylic acid groups (broad SMARTS) is 1. The van der Waals surface area contributed by atoms with E-state index in [-0.39, 0.29) is 22.0 Å². The van der Waals surface area contributed by atoms with Gasteiger partial charge in [0, 0.05) is 12.5 Å². The zero-order valence-electron chi connectivity index (χ0n) is 10.2. The summed E-state index contributed by atoms with van der Waals surface area (Å²) < 4.78 is 36.3. The molecular formula is C11H13NO6S. The van der Waals surface area contributed by atoms with E-state index in [0.29, 0.717) is 19.6 Å². The van der Waals surface area contributed by atoms with Gasteiger partial charge in [0.15, 0.2) is 11.5 Å². The number of hydrogen-bond acceptors (Lipinski definition) is 5. The predicted octanol–water partition coefficient (Wildman–Crippen LogP) is 0.454. The number of rotatable bonds is 3. The van der Waals surface area contributed by atoms with Crippen molar-refractivity contribution in [2.75, 3.05) is 20.3 Å². The average Bonchev–Trinajstić information content (AvgIpc) is 2.62. The molecule has 2 N–H and O–H groups in total. The summed E-state index contributed by atoms with van der Waals surface area (Å²) in [5.41, 5.74) is -0.228. The van der Waals surface area contributed by atoms with E-state index in [0.717, 1.165) is 6.07 Å². The summed E-state index contributed by atoms with van der Waals surface area (Å²) in [7, 11) is -2.50. The lowest BCUT2D eigenvalue weighted by Gasteiger charge is -2.12. The second kappa shape index (κ2) is 5.06. The number of fused-ring (bicyclic) bond motifs is 1. The second-order valence-corrected chi connectivity index (χ2v) is 5.75. The molecule has 2 rings (SSSR count). The molecule has 0 bridgehead atoms. The molecule has 1 aromatic carbocycles. The Morgan fingerprint density at radius 3 is 2.63 bits per heavy atom. The molecule has 0 radical (unpaired) electrons. The molecule has 1 aromatic rings. The van der Waals surface area contributed by atoms with Crippen LogP contribution in [0, 0.1) is 0 Å². The van der Waals surface area contributed by atoms with E-state index < -0.39 is 16.0 Å². The monoisotopic (exact) mass is 287 g/mol. The van der Waals surface area contributed by atoms with Crippen LogP contribution in [-0.2, 0) is 10.0 Å². The van der Waals surface area contributed by atoms with E-state index in [1.807, 2.05) is 0 Å². The quantitative estimate of drug-likeness (QED) is 0.837. The Labute approximate surface area is 110 Å². The van der Waals surface area contributed by atoms with E-state index in [2.05, 4.69) is 4.72 Å². The maximum absolute atomic E-state index is 11.7. The Balaban J connectivity index is 2.65. The summed E-state index contributed by atoms with van der Waals surface area (Å²) in [4.78, 5) is 11.0. The fraction of sp³-hybridized carbons (Fsp3) is 0.364. The third-order valence-electron chi connectivity index (χ3n) is 2.63. The summed E-state index contributed by atoms with van der Waals surface area (Å²) in [5, 5.41) is 9.14. The van der Waals surface area contributed by atoms with Crippen molar-refractivity contribution in [2.45, 2.75) is 11.3 Å². The molecule has 0 aliphatic carbocycles. The van der Waals surface area contributed by atoms with Gasteiger partial charge >= 0.3 is 5.97 Å². The molecule has 19 heavy (non-hydrogen) atoms. The van der Waals surface area contributed by atoms with Crippen LogP contribution in [0.15, 0.2) is 17.0 Å². The SMILES string of the molecule is CNS(=O)(=O)c1cc2c(c(C(=O)O)c1)OCCCO2. The second-order valence-electron chi connectivity index (χ2n) is 3.86. The predicted molar refractivity (Wildman–Crippen MR) is 65.3 cm³/mol. The van der Waals surface area contributed by atoms with Crippen LogP contribution in [-0.4, -0.2) is 39.8 Å². The number of ether oxygens (including phenoxy) is 2. The minimum absolute atomic E-state index is 0.0695. The van der Waals surface area contributed by atoms with E-state index >= 15 is 0 Å². The number of benzene rings is 1. The molecule has 0 saturated heterocycles. The van der Waals surface area contributed by atoms with Gasteiger partial charge in [0.05, 0.1) is 18.1 Å². The van der Waals surface area contributed by atoms with Gasteiger partial charge in [0.2, 0.25) is 10.0 Å². The first kappa shape index (κ1) is 13.6. The maximum Gasteiger partial charge on any atom is 0.339 e. The van der Waals surface area contributed by atoms with Crippen molar-refractivity contribution in [2.24, 2.45) is 0 Å². The number of hydrogen-bond donors (Lipinski definition) is 2. The zero-order chi connectivity index (χ0) is 14.0. The molecular weight excluding hydrogens is 274 g/mol. The fourth-order valence-corrected chi connectivity index (χ4v) is 2.45. The van der Waals surface area contributed by atoms with Crippen molar-refractivity contribution in [3.63, 3.8) is 0 Å². The fourth-order valence-electron chi connectivity index (χ4n) is 1.68. The van der Waals surface area contributed by atoms with Gasteiger partial charge in [0.1, 0.15) is 5.56 Å². The number of carbonyl (C=O) groups is 1. The summed E-state index contributed by atoms with van der Waals surface area (Å²) in [6.07, 6.45) is 0.599. The van der Waals surface area contributed by atoms with Gasteiger partial charge < -0.3 is 14.6 Å². The number of carboxylic acids is 1. The van der Waals surface area contributed by atoms with E-state index in [4.69, 9.17) is 14.6 Å². The number of nitrogens with one attached hydrogen (secondary N) is 1. The van der Waals surface area contributed by atoms with E-state index in [1.165, 1.54) is 13.1 Å². The highest BCUT2D eigenvalue weighted by molar-refractivity contribution is 7.89. The van der Waals surface area contributed by atoms with Crippen LogP contribution in [0.5, 0.6) is 11.5 Å². The van der Waals surface area contributed by atoms with Crippen molar-refractivity contribution in [1.82, 2.24) is 4.72 Å². The highest BCUT2D eigenvalue weighted by atomic mass is 32.2. The Hall–Kier alpha value is -1.80. The standard InChI is InChI=1S/C11H13NO6S/c1-12-19(15,16)7-5-8(11(13)14)10-9(6-7)17-3-2-4-18-10/h5-6,12H,2-4H2,1H3,(H,13,14). The topological polar surface area (TPSA) is 102 Å². The molecule has 104 valence electrons. The normalized spacial score (nSPS) is 14.8. The van der Waals surface area contributed by atoms with Crippen LogP contribution >= 0.6 is 0 Å². The molecule has 1 aliphatic rings. The smallest absolute Gasteiger partial charge is 0.339 e. The number of sulfonamides is 1. The van der Waals surface area contributed by atoms with Crippen LogP contribution in [0.3, 0.4) is 0 Å². The van der Waals surface area contributed by atoms with Crippen molar-refractivity contribution < 1.29 is 27.8 Å². The van der Waals surface area contributed by atoms with Gasteiger partial charge in [-0.25, -0.2) is 17.9 Å². The summed E-state index contributed by atoms with van der Waals surface area (Å²) in [6, 6.07) is 2.32. The zero-order valence-corrected chi connectivity index (χ0v) is 11.0. The van der Waals surface area contributed by atoms with E-state index in [1.54, 1.807) is 0 Å². The highest BCUT2D eigenvalue weighted by Crippen LogP contribution is 2.36. The summed E-state index contributed by atoms with van der Waals surface area (Å²) in [6.45, 7) is 0.667. The maximum atomic E-state index is 11.7. The number of aromatic carboxylic acids is 1. The first-order chi connectivity index (χ1) is 8.95. The van der Waals surface area contributed by atoms with Crippen molar-refractivity contribution in [3.05, 3.63) is 17.7 Å². The third kappa shape index (κ3) is 2.64. The lowest BCUT2D eigenvalue weighted by Crippen LogP contribution is -2.19. The molecule has 0 aromatic heterocycles. The van der Waals surface area contributed by atoms with Gasteiger partial charge in [-0.05, 0) is 13.1 Å². The molecule has 0 amide bonds.